The van der Waals surface area contributed by atoms with Crippen molar-refractivity contribution in [2.75, 3.05) is 38.5 Å². The van der Waals surface area contributed by atoms with Gasteiger partial charge in [0.25, 0.3) is 0 Å². The molecule has 0 aromatic heterocycles. The lowest BCUT2D eigenvalue weighted by Gasteiger charge is -2.29. The number of benzene rings is 1. The minimum absolute atomic E-state index is 0.107. The smallest absolute Gasteiger partial charge is 0.323 e. The third-order valence-corrected chi connectivity index (χ3v) is 3.11. The second-order valence-electron chi connectivity index (χ2n) is 4.41. The molecule has 19 heavy (non-hydrogen) atoms. The molecule has 1 aliphatic heterocycles. The molecule has 0 bridgehead atoms. The van der Waals surface area contributed by atoms with E-state index in [1.165, 1.54) is 5.56 Å². The third-order valence-electron chi connectivity index (χ3n) is 3.11. The first-order chi connectivity index (χ1) is 9.33. The number of hydrogen-bond donors (Lipinski definition) is 1. The van der Waals surface area contributed by atoms with Crippen molar-refractivity contribution in [3.05, 3.63) is 29.8 Å². The number of nitrogens with one attached hydrogen (secondary N) is 1. The molecule has 104 valence electrons. The van der Waals surface area contributed by atoms with Crippen molar-refractivity contribution in [1.29, 1.82) is 0 Å². The highest BCUT2D eigenvalue weighted by Crippen LogP contribution is 2.26. The number of nitrogens with zero attached hydrogens (tertiary/aromatic N) is 1. The molecule has 5 heteroatoms. The van der Waals surface area contributed by atoms with Gasteiger partial charge in [-0.15, -0.1) is 0 Å². The second-order valence-corrected chi connectivity index (χ2v) is 4.41. The summed E-state index contributed by atoms with van der Waals surface area (Å²) in [4.78, 5) is 13.9. The molecule has 0 radical (unpaired) electrons. The van der Waals surface area contributed by atoms with Gasteiger partial charge in [0, 0.05) is 19.3 Å². The average Bonchev–Trinajstić information content (AvgIpc) is 2.46. The molecule has 1 heterocycles. The Bertz CT molecular complexity index is 423. The van der Waals surface area contributed by atoms with Crippen molar-refractivity contribution in [3.63, 3.8) is 0 Å². The van der Waals surface area contributed by atoms with Gasteiger partial charge in [0.15, 0.2) is 0 Å². The Morgan fingerprint density at radius 1 is 1.37 bits per heavy atom. The minimum Gasteiger partial charge on any atom is -0.382 e. The van der Waals surface area contributed by atoms with Gasteiger partial charge in [-0.05, 0) is 24.5 Å². The Labute approximate surface area is 113 Å². The van der Waals surface area contributed by atoms with Crippen LogP contribution in [0.3, 0.4) is 0 Å². The van der Waals surface area contributed by atoms with Crippen molar-refractivity contribution in [1.82, 2.24) is 5.32 Å². The Morgan fingerprint density at radius 3 is 3.05 bits per heavy atom. The van der Waals surface area contributed by atoms with Gasteiger partial charge in [-0.2, -0.15) is 0 Å². The molecule has 0 atom stereocenters. The normalized spacial score (nSPS) is 14.1. The van der Waals surface area contributed by atoms with E-state index in [-0.39, 0.29) is 12.8 Å². The number of ether oxygens (including phenoxy) is 2. The molecule has 1 aliphatic rings. The van der Waals surface area contributed by atoms with Gasteiger partial charge < -0.3 is 14.8 Å². The van der Waals surface area contributed by atoms with E-state index in [4.69, 9.17) is 9.47 Å². The van der Waals surface area contributed by atoms with Crippen molar-refractivity contribution in [3.8, 4) is 0 Å². The lowest BCUT2D eigenvalue weighted by Crippen LogP contribution is -2.43. The summed E-state index contributed by atoms with van der Waals surface area (Å²) in [5.41, 5.74) is 2.23. The van der Waals surface area contributed by atoms with Crippen LogP contribution in [0.15, 0.2) is 24.3 Å². The van der Waals surface area contributed by atoms with Crippen LogP contribution in [0.1, 0.15) is 12.0 Å². The monoisotopic (exact) mass is 264 g/mol. The number of hydrogen-bond acceptors (Lipinski definition) is 3. The van der Waals surface area contributed by atoms with Gasteiger partial charge in [0.1, 0.15) is 6.73 Å². The van der Waals surface area contributed by atoms with Gasteiger partial charge in [0.05, 0.1) is 13.2 Å². The predicted molar refractivity (Wildman–Crippen MR) is 73.3 cm³/mol. The minimum atomic E-state index is -0.107. The number of anilines is 1. The van der Waals surface area contributed by atoms with Crippen LogP contribution >= 0.6 is 0 Å². The Kier molecular flexibility index (Phi) is 5.18. The fourth-order valence-electron chi connectivity index (χ4n) is 2.17. The van der Waals surface area contributed by atoms with Crippen LogP contribution in [0, 0.1) is 0 Å². The zero-order chi connectivity index (χ0) is 13.5. The number of carbonyl (C=O) groups excluding carboxylic acids is 1. The van der Waals surface area contributed by atoms with Crippen LogP contribution < -0.4 is 10.2 Å². The van der Waals surface area contributed by atoms with Crippen molar-refractivity contribution in [2.45, 2.75) is 12.8 Å². The van der Waals surface area contributed by atoms with Gasteiger partial charge in [-0.1, -0.05) is 18.2 Å². The third kappa shape index (κ3) is 3.68. The van der Waals surface area contributed by atoms with Crippen LogP contribution in [0.5, 0.6) is 0 Å². The maximum atomic E-state index is 12.1. The zero-order valence-corrected chi connectivity index (χ0v) is 11.2. The molecule has 0 fully saturated rings. The molecule has 0 saturated carbocycles. The first-order valence-corrected chi connectivity index (χ1v) is 6.53. The van der Waals surface area contributed by atoms with Gasteiger partial charge in [-0.25, -0.2) is 4.79 Å². The standard InChI is InChI=1S/C14H20N2O3/c1-18-9-10-19-11-15-14(17)16-8-4-6-12-5-2-3-7-13(12)16/h2-3,5,7H,4,6,8-11H2,1H3,(H,15,17). The summed E-state index contributed by atoms with van der Waals surface area (Å²) >= 11 is 0. The molecule has 0 spiro atoms. The molecular weight excluding hydrogens is 244 g/mol. The lowest BCUT2D eigenvalue weighted by atomic mass is 10.0. The molecule has 0 saturated heterocycles. The number of carbonyl (C=O) groups is 1. The van der Waals surface area contributed by atoms with Crippen molar-refractivity contribution in [2.24, 2.45) is 0 Å². The molecule has 2 rings (SSSR count). The van der Waals surface area contributed by atoms with E-state index in [0.29, 0.717) is 13.2 Å². The maximum absolute atomic E-state index is 12.1. The maximum Gasteiger partial charge on any atom is 0.323 e. The molecule has 0 unspecified atom stereocenters. The summed E-state index contributed by atoms with van der Waals surface area (Å²) < 4.78 is 10.1. The lowest BCUT2D eigenvalue weighted by molar-refractivity contribution is 0.0646. The Balaban J connectivity index is 1.86. The molecule has 1 N–H and O–H groups in total. The predicted octanol–water partition coefficient (Wildman–Crippen LogP) is 1.77. The van der Waals surface area contributed by atoms with Crippen LogP contribution in [-0.2, 0) is 15.9 Å². The number of para-hydroxylation sites is 1. The highest BCUT2D eigenvalue weighted by Gasteiger charge is 2.21. The largest absolute Gasteiger partial charge is 0.382 e. The fraction of sp³-hybridized carbons (Fsp3) is 0.500. The topological polar surface area (TPSA) is 50.8 Å². The first kappa shape index (κ1) is 13.8. The molecule has 0 aliphatic carbocycles. The van der Waals surface area contributed by atoms with E-state index in [0.717, 1.165) is 25.1 Å². The van der Waals surface area contributed by atoms with Crippen molar-refractivity contribution >= 4 is 11.7 Å². The summed E-state index contributed by atoms with van der Waals surface area (Å²) in [6, 6.07) is 7.92. The number of methoxy groups -OCH3 is 1. The van der Waals surface area contributed by atoms with Crippen LogP contribution in [0.2, 0.25) is 0 Å². The summed E-state index contributed by atoms with van der Waals surface area (Å²) in [6.45, 7) is 1.97. The van der Waals surface area contributed by atoms with E-state index < -0.39 is 0 Å². The van der Waals surface area contributed by atoms with Gasteiger partial charge in [-0.3, -0.25) is 4.90 Å². The van der Waals surface area contributed by atoms with E-state index in [1.54, 1.807) is 12.0 Å². The van der Waals surface area contributed by atoms with E-state index in [9.17, 15) is 4.79 Å². The van der Waals surface area contributed by atoms with Gasteiger partial charge in [0.2, 0.25) is 0 Å². The van der Waals surface area contributed by atoms with E-state index in [2.05, 4.69) is 11.4 Å². The summed E-state index contributed by atoms with van der Waals surface area (Å²) in [7, 11) is 1.62. The van der Waals surface area contributed by atoms with Crippen molar-refractivity contribution < 1.29 is 14.3 Å². The quantitative estimate of drug-likeness (QED) is 0.651. The molecule has 2 amide bonds. The van der Waals surface area contributed by atoms with Crippen LogP contribution in [-0.4, -0.2) is 39.6 Å². The summed E-state index contributed by atoms with van der Waals surface area (Å²) in [5.74, 6) is 0. The molecular formula is C14H20N2O3. The van der Waals surface area contributed by atoms with Gasteiger partial charge >= 0.3 is 6.03 Å². The highest BCUT2D eigenvalue weighted by molar-refractivity contribution is 5.93. The number of aryl methyl sites for hydroxylation is 1. The fourth-order valence-corrected chi connectivity index (χ4v) is 2.17. The summed E-state index contributed by atoms with van der Waals surface area (Å²) in [6.07, 6.45) is 2.03. The molecule has 1 aromatic rings. The van der Waals surface area contributed by atoms with Crippen LogP contribution in [0.4, 0.5) is 10.5 Å². The van der Waals surface area contributed by atoms with E-state index in [1.807, 2.05) is 18.2 Å². The number of urea groups is 1. The summed E-state index contributed by atoms with van der Waals surface area (Å²) in [5, 5.41) is 2.76. The Hall–Kier alpha value is -1.59. The first-order valence-electron chi connectivity index (χ1n) is 6.53. The SMILES string of the molecule is COCCOCNC(=O)N1CCCc2ccccc21. The Morgan fingerprint density at radius 2 is 2.21 bits per heavy atom. The highest BCUT2D eigenvalue weighted by atomic mass is 16.5. The second kappa shape index (κ2) is 7.11. The zero-order valence-electron chi connectivity index (χ0n) is 11.2. The van der Waals surface area contributed by atoms with Crippen LogP contribution in [0.25, 0.3) is 0 Å². The number of amides is 2. The number of rotatable bonds is 5. The molecule has 1 aromatic carbocycles. The molecule has 5 nitrogen and oxygen atoms in total. The average molecular weight is 264 g/mol. The number of fused-ring (bicyclic) bond motifs is 1. The van der Waals surface area contributed by atoms with E-state index >= 15 is 0 Å².